The Morgan fingerprint density at radius 2 is 1.85 bits per heavy atom. The molecule has 5 rings (SSSR count). The minimum Gasteiger partial charge on any atom is -0.326 e. The lowest BCUT2D eigenvalue weighted by atomic mass is 9.97. The number of carbonyl (C=O) groups is 1. The van der Waals surface area contributed by atoms with Crippen LogP contribution in [0.4, 0.5) is 5.69 Å². The molecule has 0 radical (unpaired) electrons. The lowest BCUT2D eigenvalue weighted by molar-refractivity contribution is -0.120. The number of amides is 1. The Hall–Kier alpha value is -3.11. The van der Waals surface area contributed by atoms with Crippen molar-refractivity contribution in [1.29, 1.82) is 0 Å². The van der Waals surface area contributed by atoms with Gasteiger partial charge in [0, 0.05) is 55.6 Å². The molecule has 0 atom stereocenters. The highest BCUT2D eigenvalue weighted by Crippen LogP contribution is 2.27. The number of hydrogen-bond acceptors (Lipinski definition) is 6. The number of nitrogens with one attached hydrogen (secondary N) is 1. The molecule has 1 amide bonds. The lowest BCUT2D eigenvalue weighted by Crippen LogP contribution is -2.41. The van der Waals surface area contributed by atoms with Crippen molar-refractivity contribution in [2.45, 2.75) is 50.0 Å². The van der Waals surface area contributed by atoms with E-state index in [0.717, 1.165) is 43.0 Å². The second-order valence-electron chi connectivity index (χ2n) is 8.84. The molecule has 1 aromatic carbocycles. The molecule has 1 N–H and O–H groups in total. The van der Waals surface area contributed by atoms with Gasteiger partial charge in [-0.25, -0.2) is 8.42 Å². The summed E-state index contributed by atoms with van der Waals surface area (Å²) in [6.45, 7) is 1.53. The standard InChI is InChI=1S/C24H28N6O3S/c31-24(18-10-14-29(15-11-18)34(32,33)21-8-5-12-25-17-21)26-20-7-4-6-19(16-20)23-28-27-22-9-2-1-3-13-30(22)23/h4-8,12,16-18H,1-3,9-11,13-15H2,(H,26,31). The van der Waals surface area contributed by atoms with Gasteiger partial charge < -0.3 is 9.88 Å². The van der Waals surface area contributed by atoms with E-state index in [4.69, 9.17) is 0 Å². The predicted molar refractivity (Wildman–Crippen MR) is 127 cm³/mol. The number of rotatable bonds is 5. The van der Waals surface area contributed by atoms with Crippen LogP contribution in [0.3, 0.4) is 0 Å². The highest BCUT2D eigenvalue weighted by Gasteiger charge is 2.32. The first kappa shape index (κ1) is 22.7. The van der Waals surface area contributed by atoms with Crippen LogP contribution in [0.1, 0.15) is 37.9 Å². The maximum Gasteiger partial charge on any atom is 0.244 e. The number of sulfonamides is 1. The summed E-state index contributed by atoms with van der Waals surface area (Å²) < 4.78 is 29.2. The van der Waals surface area contributed by atoms with Crippen LogP contribution in [-0.2, 0) is 27.8 Å². The van der Waals surface area contributed by atoms with Gasteiger partial charge in [0.1, 0.15) is 10.7 Å². The Labute approximate surface area is 199 Å². The van der Waals surface area contributed by atoms with E-state index in [-0.39, 0.29) is 16.7 Å². The van der Waals surface area contributed by atoms with E-state index in [1.165, 1.54) is 16.9 Å². The molecular weight excluding hydrogens is 452 g/mol. The molecule has 2 aromatic heterocycles. The average Bonchev–Trinajstić information content (AvgIpc) is 3.13. The van der Waals surface area contributed by atoms with E-state index >= 15 is 0 Å². The minimum absolute atomic E-state index is 0.0874. The Morgan fingerprint density at radius 1 is 1.00 bits per heavy atom. The second-order valence-corrected chi connectivity index (χ2v) is 10.8. The molecule has 10 heteroatoms. The van der Waals surface area contributed by atoms with Crippen LogP contribution in [0.25, 0.3) is 11.4 Å². The van der Waals surface area contributed by atoms with Crippen molar-refractivity contribution in [3.63, 3.8) is 0 Å². The summed E-state index contributed by atoms with van der Waals surface area (Å²) >= 11 is 0. The van der Waals surface area contributed by atoms with Crippen molar-refractivity contribution >= 4 is 21.6 Å². The van der Waals surface area contributed by atoms with E-state index < -0.39 is 10.0 Å². The molecule has 34 heavy (non-hydrogen) atoms. The van der Waals surface area contributed by atoms with E-state index in [9.17, 15) is 13.2 Å². The summed E-state index contributed by atoms with van der Waals surface area (Å²) in [6.07, 6.45) is 8.24. The summed E-state index contributed by atoms with van der Waals surface area (Å²) in [5, 5.41) is 11.8. The number of fused-ring (bicyclic) bond motifs is 1. The van der Waals surface area contributed by atoms with Crippen LogP contribution < -0.4 is 5.32 Å². The zero-order valence-corrected chi connectivity index (χ0v) is 19.7. The van der Waals surface area contributed by atoms with Gasteiger partial charge in [-0.2, -0.15) is 4.31 Å². The monoisotopic (exact) mass is 480 g/mol. The maximum absolute atomic E-state index is 12.9. The fourth-order valence-electron chi connectivity index (χ4n) is 4.69. The first-order valence-corrected chi connectivity index (χ1v) is 13.2. The average molecular weight is 481 g/mol. The number of piperidine rings is 1. The fraction of sp³-hybridized carbons (Fsp3) is 0.417. The molecule has 1 fully saturated rings. The van der Waals surface area contributed by atoms with Crippen molar-refractivity contribution in [2.75, 3.05) is 18.4 Å². The summed E-state index contributed by atoms with van der Waals surface area (Å²) in [5.41, 5.74) is 1.63. The van der Waals surface area contributed by atoms with Gasteiger partial charge >= 0.3 is 0 Å². The number of hydrogen-bond donors (Lipinski definition) is 1. The molecule has 178 valence electrons. The number of anilines is 1. The molecule has 2 aliphatic heterocycles. The highest BCUT2D eigenvalue weighted by molar-refractivity contribution is 7.89. The zero-order chi connectivity index (χ0) is 23.5. The molecule has 9 nitrogen and oxygen atoms in total. The van der Waals surface area contributed by atoms with E-state index in [2.05, 4.69) is 25.1 Å². The van der Waals surface area contributed by atoms with Gasteiger partial charge in [-0.15, -0.1) is 10.2 Å². The number of nitrogens with zero attached hydrogens (tertiary/aromatic N) is 5. The summed E-state index contributed by atoms with van der Waals surface area (Å²) in [4.78, 5) is 17.0. The molecular formula is C24H28N6O3S. The topological polar surface area (TPSA) is 110 Å². The number of pyridine rings is 1. The van der Waals surface area contributed by atoms with Crippen molar-refractivity contribution in [3.8, 4) is 11.4 Å². The van der Waals surface area contributed by atoms with Crippen LogP contribution in [0.2, 0.25) is 0 Å². The van der Waals surface area contributed by atoms with Crippen molar-refractivity contribution in [3.05, 3.63) is 54.6 Å². The Balaban J connectivity index is 1.24. The smallest absolute Gasteiger partial charge is 0.244 e. The molecule has 0 spiro atoms. The predicted octanol–water partition coefficient (Wildman–Crippen LogP) is 3.11. The van der Waals surface area contributed by atoms with E-state index in [0.29, 0.717) is 31.6 Å². The van der Waals surface area contributed by atoms with Gasteiger partial charge in [0.2, 0.25) is 15.9 Å². The first-order valence-electron chi connectivity index (χ1n) is 11.8. The van der Waals surface area contributed by atoms with Gasteiger partial charge in [-0.1, -0.05) is 18.6 Å². The molecule has 3 aromatic rings. The van der Waals surface area contributed by atoms with Crippen LogP contribution in [0, 0.1) is 5.92 Å². The highest BCUT2D eigenvalue weighted by atomic mass is 32.2. The van der Waals surface area contributed by atoms with Crippen LogP contribution in [0.15, 0.2) is 53.7 Å². The summed E-state index contributed by atoms with van der Waals surface area (Å²) in [5.74, 6) is 1.53. The Kier molecular flexibility index (Phi) is 6.42. The zero-order valence-electron chi connectivity index (χ0n) is 18.9. The Morgan fingerprint density at radius 3 is 2.65 bits per heavy atom. The molecule has 4 heterocycles. The molecule has 0 unspecified atom stereocenters. The number of aryl methyl sites for hydroxylation is 1. The van der Waals surface area contributed by atoms with Gasteiger partial charge in [-0.3, -0.25) is 9.78 Å². The van der Waals surface area contributed by atoms with Crippen LogP contribution in [-0.4, -0.2) is 51.5 Å². The van der Waals surface area contributed by atoms with E-state index in [1.807, 2.05) is 24.3 Å². The maximum atomic E-state index is 12.9. The molecule has 0 aliphatic carbocycles. The molecule has 0 saturated carbocycles. The summed E-state index contributed by atoms with van der Waals surface area (Å²) in [7, 11) is -3.59. The molecule has 2 aliphatic rings. The largest absolute Gasteiger partial charge is 0.326 e. The number of aromatic nitrogens is 4. The normalized spacial score (nSPS) is 17.6. The van der Waals surface area contributed by atoms with Gasteiger partial charge in [-0.05, 0) is 49.9 Å². The third-order valence-corrected chi connectivity index (χ3v) is 8.48. The van der Waals surface area contributed by atoms with E-state index in [1.54, 1.807) is 18.3 Å². The minimum atomic E-state index is -3.59. The van der Waals surface area contributed by atoms with Gasteiger partial charge in [0.25, 0.3) is 0 Å². The SMILES string of the molecule is O=C(Nc1cccc(-c2nnc3n2CCCCC3)c1)C1CCN(S(=O)(=O)c2cccnc2)CC1. The molecule has 0 bridgehead atoms. The van der Waals surface area contributed by atoms with Crippen LogP contribution in [0.5, 0.6) is 0 Å². The number of benzene rings is 1. The van der Waals surface area contributed by atoms with Crippen molar-refractivity contribution in [1.82, 2.24) is 24.1 Å². The third-order valence-electron chi connectivity index (χ3n) is 6.59. The third kappa shape index (κ3) is 4.60. The van der Waals surface area contributed by atoms with Crippen LogP contribution >= 0.6 is 0 Å². The first-order chi connectivity index (χ1) is 16.5. The lowest BCUT2D eigenvalue weighted by Gasteiger charge is -2.30. The van der Waals surface area contributed by atoms with Gasteiger partial charge in [0.05, 0.1) is 0 Å². The van der Waals surface area contributed by atoms with Crippen molar-refractivity contribution < 1.29 is 13.2 Å². The quantitative estimate of drug-likeness (QED) is 0.601. The second kappa shape index (κ2) is 9.63. The van der Waals surface area contributed by atoms with Crippen molar-refractivity contribution in [2.24, 2.45) is 5.92 Å². The molecule has 1 saturated heterocycles. The number of carbonyl (C=O) groups excluding carboxylic acids is 1. The Bertz CT molecular complexity index is 1270. The van der Waals surface area contributed by atoms with Gasteiger partial charge in [0.15, 0.2) is 5.82 Å². The summed E-state index contributed by atoms with van der Waals surface area (Å²) in [6, 6.07) is 10.8. The fourth-order valence-corrected chi connectivity index (χ4v) is 6.12.